The van der Waals surface area contributed by atoms with Crippen LogP contribution in [0.1, 0.15) is 18.2 Å². The smallest absolute Gasteiger partial charge is 0.280 e. The van der Waals surface area contributed by atoms with Gasteiger partial charge in [0.2, 0.25) is 5.95 Å². The minimum Gasteiger partial charge on any atom is -0.455 e. The van der Waals surface area contributed by atoms with Crippen molar-refractivity contribution >= 4 is 28.9 Å². The monoisotopic (exact) mass is 389 g/mol. The summed E-state index contributed by atoms with van der Waals surface area (Å²) in [5.74, 6) is 1.52. The van der Waals surface area contributed by atoms with Gasteiger partial charge in [-0.3, -0.25) is 10.1 Å². The van der Waals surface area contributed by atoms with E-state index in [1.165, 1.54) is 12.3 Å². The van der Waals surface area contributed by atoms with Crippen molar-refractivity contribution in [1.29, 1.82) is 0 Å². The second-order valence-corrected chi connectivity index (χ2v) is 6.52. The van der Waals surface area contributed by atoms with Gasteiger partial charge in [-0.1, -0.05) is 18.2 Å². The molecular weight excluding hydrogens is 370 g/mol. The van der Waals surface area contributed by atoms with Gasteiger partial charge in [-0.05, 0) is 49.7 Å². The van der Waals surface area contributed by atoms with Crippen LogP contribution in [0.15, 0.2) is 64.1 Å². The highest BCUT2D eigenvalue weighted by Gasteiger charge is 2.18. The molecule has 0 amide bonds. The van der Waals surface area contributed by atoms with Crippen molar-refractivity contribution in [2.45, 2.75) is 20.4 Å². The third kappa shape index (κ3) is 3.60. The number of hydrogen-bond donors (Lipinski definition) is 1. The summed E-state index contributed by atoms with van der Waals surface area (Å²) in [6.45, 7) is 4.60. The third-order valence-electron chi connectivity index (χ3n) is 4.57. The normalized spacial score (nSPS) is 11.4. The molecule has 0 aliphatic heterocycles. The van der Waals surface area contributed by atoms with E-state index in [4.69, 9.17) is 4.42 Å². The topological polar surface area (TPSA) is 98.5 Å². The largest absolute Gasteiger partial charge is 0.455 e. The van der Waals surface area contributed by atoms with E-state index in [1.54, 1.807) is 18.2 Å². The van der Waals surface area contributed by atoms with Crippen molar-refractivity contribution in [3.8, 4) is 11.3 Å². The van der Waals surface area contributed by atoms with Crippen LogP contribution in [0.3, 0.4) is 0 Å². The molecule has 2 aromatic heterocycles. The summed E-state index contributed by atoms with van der Waals surface area (Å²) in [6.07, 6.45) is 1.52. The lowest BCUT2D eigenvalue weighted by Gasteiger charge is -2.04. The van der Waals surface area contributed by atoms with Crippen LogP contribution in [0.2, 0.25) is 0 Å². The number of hydrazone groups is 1. The van der Waals surface area contributed by atoms with Crippen LogP contribution in [0.4, 0.5) is 11.6 Å². The molecule has 29 heavy (non-hydrogen) atoms. The molecule has 0 saturated carbocycles. The number of anilines is 1. The number of imidazole rings is 1. The van der Waals surface area contributed by atoms with Crippen LogP contribution in [0.5, 0.6) is 0 Å². The number of furan rings is 1. The number of benzene rings is 2. The predicted molar refractivity (Wildman–Crippen MR) is 112 cm³/mol. The van der Waals surface area contributed by atoms with Gasteiger partial charge >= 0.3 is 0 Å². The Bertz CT molecular complexity index is 1220. The zero-order valence-corrected chi connectivity index (χ0v) is 16.0. The van der Waals surface area contributed by atoms with Crippen molar-refractivity contribution < 1.29 is 9.34 Å². The van der Waals surface area contributed by atoms with Gasteiger partial charge in [0.15, 0.2) is 0 Å². The number of aryl methyl sites for hydroxylation is 2. The zero-order valence-electron chi connectivity index (χ0n) is 16.0. The van der Waals surface area contributed by atoms with Crippen molar-refractivity contribution in [3.63, 3.8) is 0 Å². The molecular formula is C21H19N5O3. The first-order valence-electron chi connectivity index (χ1n) is 9.16. The Morgan fingerprint density at radius 2 is 2.07 bits per heavy atom. The standard InChI is InChI=1S/C21H19N5O3/c1-3-25-18-7-5-4-6-17(18)23-21(25)24-22-13-15-9-11-20(29-15)16-10-8-14(2)12-19(16)26(27)28/h4-13H,3H2,1-2H3,(H,23,24)/b22-13-. The van der Waals surface area contributed by atoms with Crippen molar-refractivity contribution in [3.05, 3.63) is 76.0 Å². The average Bonchev–Trinajstić information content (AvgIpc) is 3.32. The van der Waals surface area contributed by atoms with E-state index in [2.05, 4.69) is 15.5 Å². The highest BCUT2D eigenvalue weighted by Crippen LogP contribution is 2.31. The quantitative estimate of drug-likeness (QED) is 0.285. The number of nitrogens with one attached hydrogen (secondary N) is 1. The van der Waals surface area contributed by atoms with E-state index in [1.807, 2.05) is 48.7 Å². The summed E-state index contributed by atoms with van der Waals surface area (Å²) < 4.78 is 7.76. The molecule has 2 aromatic carbocycles. The fourth-order valence-corrected chi connectivity index (χ4v) is 3.20. The minimum atomic E-state index is -0.407. The third-order valence-corrected chi connectivity index (χ3v) is 4.57. The molecule has 0 atom stereocenters. The van der Waals surface area contributed by atoms with E-state index in [9.17, 15) is 10.1 Å². The Balaban J connectivity index is 1.56. The molecule has 4 aromatic rings. The van der Waals surface area contributed by atoms with Crippen molar-refractivity contribution in [2.75, 3.05) is 5.43 Å². The number of fused-ring (bicyclic) bond motifs is 1. The molecule has 8 nitrogen and oxygen atoms in total. The molecule has 0 saturated heterocycles. The predicted octanol–water partition coefficient (Wildman–Crippen LogP) is 4.98. The number of nitrogens with zero attached hydrogens (tertiary/aromatic N) is 4. The maximum absolute atomic E-state index is 11.3. The van der Waals surface area contributed by atoms with Crippen LogP contribution >= 0.6 is 0 Å². The second-order valence-electron chi connectivity index (χ2n) is 6.52. The molecule has 0 aliphatic carbocycles. The summed E-state index contributed by atoms with van der Waals surface area (Å²) in [4.78, 5) is 15.5. The summed E-state index contributed by atoms with van der Waals surface area (Å²) in [5, 5.41) is 15.5. The first-order valence-corrected chi connectivity index (χ1v) is 9.16. The Morgan fingerprint density at radius 3 is 2.86 bits per heavy atom. The van der Waals surface area contributed by atoms with E-state index in [0.29, 0.717) is 23.0 Å². The number of nitro benzene ring substituents is 1. The number of hydrogen-bond acceptors (Lipinski definition) is 6. The molecule has 0 bridgehead atoms. The first-order chi connectivity index (χ1) is 14.1. The number of rotatable bonds is 6. The highest BCUT2D eigenvalue weighted by atomic mass is 16.6. The summed E-state index contributed by atoms with van der Waals surface area (Å²) in [5.41, 5.74) is 6.12. The van der Waals surface area contributed by atoms with Gasteiger partial charge in [-0.15, -0.1) is 0 Å². The van der Waals surface area contributed by atoms with Crippen LogP contribution < -0.4 is 5.43 Å². The maximum Gasteiger partial charge on any atom is 0.280 e. The average molecular weight is 389 g/mol. The van der Waals surface area contributed by atoms with E-state index in [0.717, 1.165) is 23.1 Å². The van der Waals surface area contributed by atoms with Crippen molar-refractivity contribution in [2.24, 2.45) is 5.10 Å². The SMILES string of the molecule is CCn1c(N/N=C\c2ccc(-c3ccc(C)cc3[N+](=O)[O-])o2)nc2ccccc21. The molecule has 0 unspecified atom stereocenters. The van der Waals surface area contributed by atoms with Crippen LogP contribution in [0, 0.1) is 17.0 Å². The zero-order chi connectivity index (χ0) is 20.4. The number of para-hydroxylation sites is 2. The van der Waals surface area contributed by atoms with Gasteiger partial charge < -0.3 is 8.98 Å². The molecule has 0 aliphatic rings. The molecule has 4 rings (SSSR count). The Labute approximate surface area is 166 Å². The summed E-state index contributed by atoms with van der Waals surface area (Å²) >= 11 is 0. The molecule has 8 heteroatoms. The Hall–Kier alpha value is -3.94. The highest BCUT2D eigenvalue weighted by molar-refractivity contribution is 5.81. The minimum absolute atomic E-state index is 0.0117. The Morgan fingerprint density at radius 1 is 1.24 bits per heavy atom. The van der Waals surface area contributed by atoms with E-state index in [-0.39, 0.29) is 5.69 Å². The lowest BCUT2D eigenvalue weighted by Crippen LogP contribution is -2.01. The first kappa shape index (κ1) is 18.4. The number of aromatic nitrogens is 2. The fraction of sp³-hybridized carbons (Fsp3) is 0.143. The lowest BCUT2D eigenvalue weighted by molar-refractivity contribution is -0.384. The number of nitro groups is 1. The van der Waals surface area contributed by atoms with Crippen LogP contribution in [-0.2, 0) is 6.54 Å². The van der Waals surface area contributed by atoms with Gasteiger partial charge in [0, 0.05) is 12.6 Å². The van der Waals surface area contributed by atoms with E-state index >= 15 is 0 Å². The van der Waals surface area contributed by atoms with E-state index < -0.39 is 4.92 Å². The van der Waals surface area contributed by atoms with Gasteiger partial charge in [-0.25, -0.2) is 10.4 Å². The lowest BCUT2D eigenvalue weighted by atomic mass is 10.1. The Kier molecular flexibility index (Phi) is 4.82. The van der Waals surface area contributed by atoms with Gasteiger partial charge in [-0.2, -0.15) is 5.10 Å². The maximum atomic E-state index is 11.3. The van der Waals surface area contributed by atoms with Gasteiger partial charge in [0.1, 0.15) is 11.5 Å². The summed E-state index contributed by atoms with van der Waals surface area (Å²) in [7, 11) is 0. The van der Waals surface area contributed by atoms with Crippen molar-refractivity contribution in [1.82, 2.24) is 9.55 Å². The molecule has 146 valence electrons. The molecule has 2 heterocycles. The molecule has 0 spiro atoms. The van der Waals surface area contributed by atoms with Gasteiger partial charge in [0.25, 0.3) is 5.69 Å². The molecule has 1 N–H and O–H groups in total. The molecule has 0 radical (unpaired) electrons. The fourth-order valence-electron chi connectivity index (χ4n) is 3.20. The summed E-state index contributed by atoms with van der Waals surface area (Å²) in [6, 6.07) is 16.3. The van der Waals surface area contributed by atoms with Gasteiger partial charge in [0.05, 0.1) is 27.7 Å². The second kappa shape index (κ2) is 7.59. The van der Waals surface area contributed by atoms with Crippen LogP contribution in [0.25, 0.3) is 22.4 Å². The van der Waals surface area contributed by atoms with Crippen LogP contribution in [-0.4, -0.2) is 20.7 Å². The molecule has 0 fully saturated rings.